The van der Waals surface area contributed by atoms with Crippen molar-refractivity contribution in [2.45, 2.75) is 53.6 Å². The van der Waals surface area contributed by atoms with Crippen LogP contribution in [0.1, 0.15) is 42.2 Å². The monoisotopic (exact) mass is 384 g/mol. The third-order valence-electron chi connectivity index (χ3n) is 4.79. The van der Waals surface area contributed by atoms with Crippen LogP contribution in [-0.4, -0.2) is 32.6 Å². The molecule has 0 N–H and O–H groups in total. The molecule has 6 heteroatoms. The molecule has 0 aliphatic heterocycles. The Morgan fingerprint density at radius 3 is 2.70 bits per heavy atom. The molecule has 0 saturated carbocycles. The van der Waals surface area contributed by atoms with Crippen LogP contribution in [0.2, 0.25) is 0 Å². The fourth-order valence-corrected chi connectivity index (χ4v) is 4.34. The van der Waals surface area contributed by atoms with Gasteiger partial charge in [0.1, 0.15) is 5.01 Å². The van der Waals surface area contributed by atoms with Crippen LogP contribution >= 0.6 is 11.3 Å². The topological polar surface area (TPSA) is 51.0 Å². The molecule has 0 saturated heterocycles. The van der Waals surface area contributed by atoms with Gasteiger partial charge in [0.25, 0.3) is 0 Å². The lowest BCUT2D eigenvalue weighted by atomic mass is 10.1. The molecule has 1 amide bonds. The first-order valence-corrected chi connectivity index (χ1v) is 10.3. The van der Waals surface area contributed by atoms with E-state index >= 15 is 0 Å². The van der Waals surface area contributed by atoms with Crippen LogP contribution in [0.3, 0.4) is 0 Å². The van der Waals surface area contributed by atoms with E-state index in [4.69, 9.17) is 0 Å². The predicted molar refractivity (Wildman–Crippen MR) is 111 cm³/mol. The Balaban J connectivity index is 1.61. The highest BCUT2D eigenvalue weighted by Crippen LogP contribution is 2.23. The highest BCUT2D eigenvalue weighted by atomic mass is 32.1. The fourth-order valence-electron chi connectivity index (χ4n) is 3.32. The third kappa shape index (κ3) is 4.56. The van der Waals surface area contributed by atoms with Gasteiger partial charge in [0, 0.05) is 25.7 Å². The molecule has 27 heavy (non-hydrogen) atoms. The number of fused-ring (bicyclic) bond motifs is 1. The molecule has 3 aromatic rings. The van der Waals surface area contributed by atoms with Gasteiger partial charge >= 0.3 is 0 Å². The summed E-state index contributed by atoms with van der Waals surface area (Å²) >= 11 is 1.65. The van der Waals surface area contributed by atoms with Crippen molar-refractivity contribution in [3.05, 3.63) is 46.2 Å². The zero-order chi connectivity index (χ0) is 19.6. The smallest absolute Gasteiger partial charge is 0.223 e. The maximum atomic E-state index is 12.6. The van der Waals surface area contributed by atoms with Crippen LogP contribution in [0.5, 0.6) is 0 Å². The minimum Gasteiger partial charge on any atom is -0.339 e. The molecule has 0 fully saturated rings. The second kappa shape index (κ2) is 8.21. The highest BCUT2D eigenvalue weighted by Gasteiger charge is 2.16. The van der Waals surface area contributed by atoms with Crippen molar-refractivity contribution < 1.29 is 4.79 Å². The largest absolute Gasteiger partial charge is 0.339 e. The number of thiazole rings is 1. The second-order valence-corrected chi connectivity index (χ2v) is 8.67. The van der Waals surface area contributed by atoms with Crippen LogP contribution in [0.15, 0.2) is 24.3 Å². The maximum Gasteiger partial charge on any atom is 0.223 e. The number of hydrogen-bond donors (Lipinski definition) is 0. The van der Waals surface area contributed by atoms with E-state index in [2.05, 4.69) is 41.6 Å². The predicted octanol–water partition coefficient (Wildman–Crippen LogP) is 4.36. The van der Waals surface area contributed by atoms with Crippen LogP contribution in [0, 0.1) is 19.8 Å². The summed E-state index contributed by atoms with van der Waals surface area (Å²) in [5, 5.41) is 5.62. The van der Waals surface area contributed by atoms with E-state index < -0.39 is 0 Å². The Morgan fingerprint density at radius 1 is 1.26 bits per heavy atom. The lowest BCUT2D eigenvalue weighted by Crippen LogP contribution is -2.26. The van der Waals surface area contributed by atoms with Crippen molar-refractivity contribution in [3.63, 3.8) is 0 Å². The quantitative estimate of drug-likeness (QED) is 0.608. The van der Waals surface area contributed by atoms with Gasteiger partial charge < -0.3 is 4.90 Å². The standard InChI is InChI=1S/C21H28N4OS/c1-14(2)12-25-16(4)17(15(3)23-25)10-11-21(26)24(5)13-20-22-18-8-6-7-9-19(18)27-20/h6-9,14H,10-13H2,1-5H3. The molecule has 2 aromatic heterocycles. The molecule has 0 atom stereocenters. The van der Waals surface area contributed by atoms with Gasteiger partial charge in [-0.2, -0.15) is 5.10 Å². The molecule has 0 aliphatic carbocycles. The lowest BCUT2D eigenvalue weighted by molar-refractivity contribution is -0.130. The molecule has 0 unspecified atom stereocenters. The molecule has 3 rings (SSSR count). The molecule has 2 heterocycles. The van der Waals surface area contributed by atoms with Crippen LogP contribution in [-0.2, 0) is 24.3 Å². The molecule has 0 radical (unpaired) electrons. The average Bonchev–Trinajstić information content (AvgIpc) is 3.13. The van der Waals surface area contributed by atoms with Crippen molar-refractivity contribution in [1.82, 2.24) is 19.7 Å². The summed E-state index contributed by atoms with van der Waals surface area (Å²) in [5.74, 6) is 0.696. The van der Waals surface area contributed by atoms with E-state index in [0.29, 0.717) is 18.9 Å². The Hall–Kier alpha value is -2.21. The number of carbonyl (C=O) groups is 1. The summed E-state index contributed by atoms with van der Waals surface area (Å²) in [6.07, 6.45) is 1.23. The second-order valence-electron chi connectivity index (χ2n) is 7.55. The summed E-state index contributed by atoms with van der Waals surface area (Å²) in [6.45, 7) is 10.00. The Kier molecular flexibility index (Phi) is 5.95. The van der Waals surface area contributed by atoms with E-state index in [-0.39, 0.29) is 5.91 Å². The SMILES string of the molecule is Cc1nn(CC(C)C)c(C)c1CCC(=O)N(C)Cc1nc2ccccc2s1. The summed E-state index contributed by atoms with van der Waals surface area (Å²) in [6, 6.07) is 8.09. The van der Waals surface area contributed by atoms with Gasteiger partial charge in [0.15, 0.2) is 0 Å². The number of aryl methyl sites for hydroxylation is 1. The van der Waals surface area contributed by atoms with Crippen molar-refractivity contribution in [1.29, 1.82) is 0 Å². The van der Waals surface area contributed by atoms with E-state index in [1.165, 1.54) is 11.3 Å². The number of hydrogen-bond acceptors (Lipinski definition) is 4. The Morgan fingerprint density at radius 2 is 2.00 bits per heavy atom. The first kappa shape index (κ1) is 19.5. The summed E-state index contributed by atoms with van der Waals surface area (Å²) in [5.41, 5.74) is 4.43. The van der Waals surface area contributed by atoms with Crippen molar-refractivity contribution in [3.8, 4) is 0 Å². The summed E-state index contributed by atoms with van der Waals surface area (Å²) in [7, 11) is 1.86. The van der Waals surface area contributed by atoms with E-state index in [1.807, 2.05) is 32.2 Å². The van der Waals surface area contributed by atoms with Crippen LogP contribution < -0.4 is 0 Å². The maximum absolute atomic E-state index is 12.6. The highest BCUT2D eigenvalue weighted by molar-refractivity contribution is 7.18. The molecule has 5 nitrogen and oxygen atoms in total. The van der Waals surface area contributed by atoms with Crippen molar-refractivity contribution in [2.24, 2.45) is 5.92 Å². The van der Waals surface area contributed by atoms with Gasteiger partial charge in [-0.05, 0) is 43.9 Å². The van der Waals surface area contributed by atoms with Crippen LogP contribution in [0.4, 0.5) is 0 Å². The van der Waals surface area contributed by atoms with Crippen LogP contribution in [0.25, 0.3) is 10.2 Å². The number of para-hydroxylation sites is 1. The van der Waals surface area contributed by atoms with Crippen molar-refractivity contribution >= 4 is 27.5 Å². The fraction of sp³-hybridized carbons (Fsp3) is 0.476. The first-order valence-electron chi connectivity index (χ1n) is 9.46. The first-order chi connectivity index (χ1) is 12.8. The molecule has 1 aromatic carbocycles. The molecule has 0 aliphatic rings. The van der Waals surface area contributed by atoms with Gasteiger partial charge in [-0.3, -0.25) is 9.48 Å². The normalized spacial score (nSPS) is 11.5. The van der Waals surface area contributed by atoms with Gasteiger partial charge in [-0.1, -0.05) is 26.0 Å². The van der Waals surface area contributed by atoms with Gasteiger partial charge in [0.05, 0.1) is 22.5 Å². The number of benzene rings is 1. The summed E-state index contributed by atoms with van der Waals surface area (Å²) < 4.78 is 3.24. The van der Waals surface area contributed by atoms with Gasteiger partial charge in [0.2, 0.25) is 5.91 Å². The Labute approximate surface area is 165 Å². The molecule has 144 valence electrons. The Bertz CT molecular complexity index is 908. The van der Waals surface area contributed by atoms with Gasteiger partial charge in [-0.25, -0.2) is 4.98 Å². The molecular weight excluding hydrogens is 356 g/mol. The number of carbonyl (C=O) groups excluding carboxylic acids is 1. The zero-order valence-electron chi connectivity index (χ0n) is 16.8. The minimum absolute atomic E-state index is 0.143. The van der Waals surface area contributed by atoms with E-state index in [0.717, 1.165) is 33.9 Å². The van der Waals surface area contributed by atoms with Crippen molar-refractivity contribution in [2.75, 3.05) is 7.05 Å². The molecule has 0 bridgehead atoms. The zero-order valence-corrected chi connectivity index (χ0v) is 17.6. The molecular formula is C21H28N4OS. The van der Waals surface area contributed by atoms with E-state index in [1.54, 1.807) is 16.2 Å². The summed E-state index contributed by atoms with van der Waals surface area (Å²) in [4.78, 5) is 19.0. The van der Waals surface area contributed by atoms with E-state index in [9.17, 15) is 4.79 Å². The van der Waals surface area contributed by atoms with Gasteiger partial charge in [-0.15, -0.1) is 11.3 Å². The third-order valence-corrected chi connectivity index (χ3v) is 5.82. The average molecular weight is 385 g/mol. The number of nitrogens with zero attached hydrogens (tertiary/aromatic N) is 4. The lowest BCUT2D eigenvalue weighted by Gasteiger charge is -2.15. The molecule has 0 spiro atoms. The number of amides is 1. The number of aromatic nitrogens is 3. The number of rotatable bonds is 7. The minimum atomic E-state index is 0.143.